The lowest BCUT2D eigenvalue weighted by atomic mass is 9.98. The number of ether oxygens (including phenoxy) is 1. The maximum absolute atomic E-state index is 13.4. The minimum atomic E-state index is -1.13. The van der Waals surface area contributed by atoms with E-state index in [1.165, 1.54) is 6.07 Å². The Morgan fingerprint density at radius 1 is 0.905 bits per heavy atom. The molecule has 3 N–H and O–H groups in total. The molecule has 0 heterocycles. The first-order chi connectivity index (χ1) is 20.3. The molecular weight excluding hydrogens is 598 g/mol. The number of benzene rings is 4. The van der Waals surface area contributed by atoms with E-state index in [4.69, 9.17) is 4.74 Å². The van der Waals surface area contributed by atoms with Crippen LogP contribution in [-0.2, 0) is 16.1 Å². The Balaban J connectivity index is 1.30. The number of carboxylic acids is 1. The number of hydrogen-bond donors (Lipinski definition) is 3. The molecule has 1 unspecified atom stereocenters. The van der Waals surface area contributed by atoms with Gasteiger partial charge >= 0.3 is 12.1 Å². The van der Waals surface area contributed by atoms with Crippen molar-refractivity contribution < 1.29 is 24.2 Å². The molecule has 0 radical (unpaired) electrons. The minimum Gasteiger partial charge on any atom is -0.478 e. The monoisotopic (exact) mass is 627 g/mol. The number of carbonyl (C=O) groups is 3. The molecule has 1 aliphatic carbocycles. The van der Waals surface area contributed by atoms with Crippen LogP contribution in [0.1, 0.15) is 33.0 Å². The number of likely N-dealkylation sites (N-methyl/N-ethyl adjacent to an activating group) is 1. The Morgan fingerprint density at radius 3 is 2.17 bits per heavy atom. The second-order valence-corrected chi connectivity index (χ2v) is 11.0. The van der Waals surface area contributed by atoms with Crippen LogP contribution in [0.5, 0.6) is 0 Å². The van der Waals surface area contributed by atoms with Crippen LogP contribution in [0.15, 0.2) is 102 Å². The highest BCUT2D eigenvalue weighted by Gasteiger charge is 2.30. The smallest absolute Gasteiger partial charge is 0.407 e. The minimum absolute atomic E-state index is 0.00930. The van der Waals surface area contributed by atoms with E-state index < -0.39 is 24.0 Å². The third kappa shape index (κ3) is 6.70. The Morgan fingerprint density at radius 2 is 1.52 bits per heavy atom. The number of halogens is 1. The predicted octanol–water partition coefficient (Wildman–Crippen LogP) is 6.13. The second kappa shape index (κ2) is 13.0. The number of anilines is 1. The Labute approximate surface area is 252 Å². The molecule has 1 atom stereocenters. The van der Waals surface area contributed by atoms with Gasteiger partial charge in [0.1, 0.15) is 12.6 Å². The molecule has 9 heteroatoms. The van der Waals surface area contributed by atoms with Gasteiger partial charge in [0.15, 0.2) is 0 Å². The van der Waals surface area contributed by atoms with E-state index in [0.717, 1.165) is 27.8 Å². The van der Waals surface area contributed by atoms with Gasteiger partial charge in [-0.2, -0.15) is 0 Å². The molecule has 214 valence electrons. The zero-order valence-corrected chi connectivity index (χ0v) is 24.5. The summed E-state index contributed by atoms with van der Waals surface area (Å²) >= 11 is 3.21. The van der Waals surface area contributed by atoms with E-state index in [0.29, 0.717) is 16.7 Å². The number of fused-ring (bicyclic) bond motifs is 3. The van der Waals surface area contributed by atoms with Crippen LogP contribution in [0.3, 0.4) is 0 Å². The fraction of sp³-hybridized carbons (Fsp3) is 0.182. The molecule has 0 spiro atoms. The van der Waals surface area contributed by atoms with Gasteiger partial charge in [-0.3, -0.25) is 9.69 Å². The summed E-state index contributed by atoms with van der Waals surface area (Å²) in [4.78, 5) is 40.0. The molecule has 0 aliphatic heterocycles. The van der Waals surface area contributed by atoms with Gasteiger partial charge in [0, 0.05) is 29.2 Å². The fourth-order valence-corrected chi connectivity index (χ4v) is 5.66. The van der Waals surface area contributed by atoms with Crippen LogP contribution in [0, 0.1) is 0 Å². The van der Waals surface area contributed by atoms with Gasteiger partial charge in [-0.15, -0.1) is 0 Å². The molecule has 0 saturated heterocycles. The summed E-state index contributed by atoms with van der Waals surface area (Å²) in [7, 11) is 1.86. The topological polar surface area (TPSA) is 108 Å². The summed E-state index contributed by atoms with van der Waals surface area (Å²) in [6.45, 7) is 0.856. The largest absolute Gasteiger partial charge is 0.478 e. The average Bonchev–Trinajstić information content (AvgIpc) is 3.30. The lowest BCUT2D eigenvalue weighted by molar-refractivity contribution is -0.118. The third-order valence-electron chi connectivity index (χ3n) is 7.21. The first-order valence-electron chi connectivity index (χ1n) is 13.5. The molecule has 0 bridgehead atoms. The highest BCUT2D eigenvalue weighted by Crippen LogP contribution is 2.44. The number of nitrogens with one attached hydrogen (secondary N) is 2. The van der Waals surface area contributed by atoms with Gasteiger partial charge < -0.3 is 20.5 Å². The Hall–Kier alpha value is -4.47. The molecular formula is C33H30BrN3O5. The third-order valence-corrected chi connectivity index (χ3v) is 7.90. The molecule has 4 aromatic rings. The Kier molecular flexibility index (Phi) is 9.00. The van der Waals surface area contributed by atoms with Crippen molar-refractivity contribution in [2.45, 2.75) is 18.5 Å². The van der Waals surface area contributed by atoms with Crippen LogP contribution < -0.4 is 10.6 Å². The zero-order valence-electron chi connectivity index (χ0n) is 22.9. The molecule has 5 rings (SSSR count). The molecule has 0 fully saturated rings. The van der Waals surface area contributed by atoms with E-state index >= 15 is 0 Å². The summed E-state index contributed by atoms with van der Waals surface area (Å²) in [6.07, 6.45) is -0.716. The number of carboxylic acid groups (broad SMARTS) is 1. The van der Waals surface area contributed by atoms with Crippen LogP contribution in [0.4, 0.5) is 10.5 Å². The molecule has 2 amide bonds. The number of carbonyl (C=O) groups excluding carboxylic acids is 2. The summed E-state index contributed by atoms with van der Waals surface area (Å²) in [5, 5.41) is 14.9. The summed E-state index contributed by atoms with van der Waals surface area (Å²) < 4.78 is 6.10. The molecule has 0 aromatic heterocycles. The van der Waals surface area contributed by atoms with Crippen molar-refractivity contribution in [2.24, 2.45) is 0 Å². The lowest BCUT2D eigenvalue weighted by Gasteiger charge is -2.25. The van der Waals surface area contributed by atoms with Crippen LogP contribution in [0.2, 0.25) is 0 Å². The van der Waals surface area contributed by atoms with Crippen molar-refractivity contribution in [3.8, 4) is 11.1 Å². The summed E-state index contributed by atoms with van der Waals surface area (Å²) in [5.41, 5.74) is 5.79. The van der Waals surface area contributed by atoms with Gasteiger partial charge in [-0.1, -0.05) is 78.9 Å². The molecule has 4 aromatic carbocycles. The predicted molar refractivity (Wildman–Crippen MR) is 164 cm³/mol. The van der Waals surface area contributed by atoms with Gasteiger partial charge in [-0.05, 0) is 69.0 Å². The number of alkyl carbamates (subject to hydrolysis) is 1. The fourth-order valence-electron chi connectivity index (χ4n) is 5.24. The van der Waals surface area contributed by atoms with Gasteiger partial charge in [-0.25, -0.2) is 9.59 Å². The van der Waals surface area contributed by atoms with Crippen LogP contribution >= 0.6 is 15.9 Å². The van der Waals surface area contributed by atoms with Crippen molar-refractivity contribution in [3.63, 3.8) is 0 Å². The first-order valence-corrected chi connectivity index (χ1v) is 14.3. The summed E-state index contributed by atoms with van der Waals surface area (Å²) in [6, 6.07) is 29.4. The molecule has 8 nitrogen and oxygen atoms in total. The average molecular weight is 629 g/mol. The lowest BCUT2D eigenvalue weighted by Crippen LogP contribution is -2.50. The van der Waals surface area contributed by atoms with Gasteiger partial charge in [0.25, 0.3) is 0 Å². The normalized spacial score (nSPS) is 12.7. The van der Waals surface area contributed by atoms with Crippen molar-refractivity contribution in [3.05, 3.63) is 124 Å². The molecule has 42 heavy (non-hydrogen) atoms. The second-order valence-electron chi connectivity index (χ2n) is 10.2. The number of hydrogen-bond acceptors (Lipinski definition) is 5. The van der Waals surface area contributed by atoms with Crippen LogP contribution in [0.25, 0.3) is 11.1 Å². The summed E-state index contributed by atoms with van der Waals surface area (Å²) in [5.74, 6) is -1.75. The van der Waals surface area contributed by atoms with Gasteiger partial charge in [0.05, 0.1) is 5.56 Å². The van der Waals surface area contributed by atoms with E-state index in [-0.39, 0.29) is 24.6 Å². The quantitative estimate of drug-likeness (QED) is 0.195. The zero-order chi connectivity index (χ0) is 29.6. The van der Waals surface area contributed by atoms with Crippen LogP contribution in [-0.4, -0.2) is 54.2 Å². The van der Waals surface area contributed by atoms with E-state index in [1.54, 1.807) is 12.1 Å². The molecule has 0 saturated carbocycles. The first kappa shape index (κ1) is 29.0. The van der Waals surface area contributed by atoms with Crippen molar-refractivity contribution in [1.82, 2.24) is 10.2 Å². The van der Waals surface area contributed by atoms with E-state index in [1.807, 2.05) is 78.7 Å². The maximum Gasteiger partial charge on any atom is 0.407 e. The highest BCUT2D eigenvalue weighted by molar-refractivity contribution is 9.10. The number of nitrogens with zero attached hydrogens (tertiary/aromatic N) is 1. The number of rotatable bonds is 10. The van der Waals surface area contributed by atoms with Gasteiger partial charge in [0.2, 0.25) is 5.91 Å². The van der Waals surface area contributed by atoms with E-state index in [9.17, 15) is 19.5 Å². The Bertz CT molecular complexity index is 1570. The van der Waals surface area contributed by atoms with E-state index in [2.05, 4.69) is 38.7 Å². The number of aromatic carboxylic acids is 1. The maximum atomic E-state index is 13.4. The SMILES string of the molecule is CN(Cc1ccccc1)CC(NC(=O)OCC1c2ccccc2-c2ccccc21)C(=O)Nc1ccc(Br)c(C(=O)O)c1. The van der Waals surface area contributed by atoms with Crippen molar-refractivity contribution in [2.75, 3.05) is 25.5 Å². The highest BCUT2D eigenvalue weighted by atomic mass is 79.9. The standard InChI is InChI=1S/C33H30BrN3O5/c1-37(18-21-9-3-2-4-10-21)19-30(31(38)35-22-15-16-29(34)27(17-22)32(39)40)36-33(41)42-20-28-25-13-7-5-11-23(25)24-12-6-8-14-26(24)28/h2-17,28,30H,18-20H2,1H3,(H,35,38)(H,36,41)(H,39,40). The number of amides is 2. The van der Waals surface area contributed by atoms with Crippen molar-refractivity contribution >= 4 is 39.6 Å². The van der Waals surface area contributed by atoms with Crippen molar-refractivity contribution in [1.29, 1.82) is 0 Å². The molecule has 1 aliphatic rings.